The monoisotopic (exact) mass is 249 g/mol. The summed E-state index contributed by atoms with van der Waals surface area (Å²) in [6.45, 7) is 0.734. The Balaban J connectivity index is 1.63. The Kier molecular flexibility index (Phi) is 4.39. The number of aromatic nitrogens is 1. The fraction of sp³-hybridized carbons (Fsp3) is 0.538. The second-order valence-corrected chi connectivity index (χ2v) is 4.44. The molecule has 1 amide bonds. The van der Waals surface area contributed by atoms with Gasteiger partial charge in [-0.3, -0.25) is 4.79 Å². The zero-order valence-corrected chi connectivity index (χ0v) is 10.6. The molecule has 0 unspecified atom stereocenters. The van der Waals surface area contributed by atoms with Crippen molar-refractivity contribution in [3.8, 4) is 5.88 Å². The van der Waals surface area contributed by atoms with E-state index < -0.39 is 0 Å². The van der Waals surface area contributed by atoms with Gasteiger partial charge in [-0.2, -0.15) is 4.98 Å². The SMILES string of the molecule is COc1cccc(NCCCC(=O)NC2CC2)n1. The number of ether oxygens (including phenoxy) is 1. The van der Waals surface area contributed by atoms with Gasteiger partial charge < -0.3 is 15.4 Å². The van der Waals surface area contributed by atoms with Crippen LogP contribution < -0.4 is 15.4 Å². The molecule has 1 aromatic rings. The number of nitrogens with one attached hydrogen (secondary N) is 2. The molecule has 98 valence electrons. The van der Waals surface area contributed by atoms with Crippen LogP contribution in [-0.2, 0) is 4.79 Å². The van der Waals surface area contributed by atoms with Crippen molar-refractivity contribution < 1.29 is 9.53 Å². The molecule has 2 rings (SSSR count). The second-order valence-electron chi connectivity index (χ2n) is 4.44. The van der Waals surface area contributed by atoms with Gasteiger partial charge in [0.2, 0.25) is 11.8 Å². The van der Waals surface area contributed by atoms with Crippen LogP contribution in [-0.4, -0.2) is 30.6 Å². The number of hydrogen-bond acceptors (Lipinski definition) is 4. The van der Waals surface area contributed by atoms with Crippen LogP contribution in [0.2, 0.25) is 0 Å². The van der Waals surface area contributed by atoms with Crippen LogP contribution in [0.5, 0.6) is 5.88 Å². The smallest absolute Gasteiger partial charge is 0.220 e. The number of methoxy groups -OCH3 is 1. The van der Waals surface area contributed by atoms with Crippen LogP contribution in [0.3, 0.4) is 0 Å². The van der Waals surface area contributed by atoms with E-state index in [2.05, 4.69) is 15.6 Å². The van der Waals surface area contributed by atoms with Crippen LogP contribution in [0.25, 0.3) is 0 Å². The van der Waals surface area contributed by atoms with Crippen molar-refractivity contribution in [2.75, 3.05) is 19.0 Å². The van der Waals surface area contributed by atoms with E-state index in [-0.39, 0.29) is 5.91 Å². The molecule has 1 fully saturated rings. The van der Waals surface area contributed by atoms with Crippen LogP contribution in [0.1, 0.15) is 25.7 Å². The summed E-state index contributed by atoms with van der Waals surface area (Å²) < 4.78 is 5.03. The first-order valence-electron chi connectivity index (χ1n) is 6.32. The standard InChI is InChI=1S/C13H19N3O2/c1-18-13-6-2-4-11(16-13)14-9-3-5-12(17)15-10-7-8-10/h2,4,6,10H,3,5,7-9H2,1H3,(H,14,16)(H,15,17). The number of carbonyl (C=O) groups is 1. The van der Waals surface area contributed by atoms with Gasteiger partial charge in [0.1, 0.15) is 5.82 Å². The quantitative estimate of drug-likeness (QED) is 0.720. The van der Waals surface area contributed by atoms with E-state index >= 15 is 0 Å². The topological polar surface area (TPSA) is 63.2 Å². The van der Waals surface area contributed by atoms with Crippen molar-refractivity contribution in [2.45, 2.75) is 31.7 Å². The Morgan fingerprint density at radius 2 is 2.33 bits per heavy atom. The zero-order valence-electron chi connectivity index (χ0n) is 10.6. The lowest BCUT2D eigenvalue weighted by Gasteiger charge is -2.07. The molecule has 5 nitrogen and oxygen atoms in total. The van der Waals surface area contributed by atoms with E-state index in [1.807, 2.05) is 12.1 Å². The molecule has 1 aliphatic rings. The number of pyridine rings is 1. The minimum atomic E-state index is 0.151. The van der Waals surface area contributed by atoms with Crippen LogP contribution in [0.15, 0.2) is 18.2 Å². The average molecular weight is 249 g/mol. The molecule has 18 heavy (non-hydrogen) atoms. The predicted octanol–water partition coefficient (Wildman–Crippen LogP) is 1.56. The van der Waals surface area contributed by atoms with Crippen LogP contribution >= 0.6 is 0 Å². The highest BCUT2D eigenvalue weighted by molar-refractivity contribution is 5.76. The maximum atomic E-state index is 11.4. The van der Waals surface area contributed by atoms with Gasteiger partial charge in [0.05, 0.1) is 7.11 Å². The number of rotatable bonds is 7. The summed E-state index contributed by atoms with van der Waals surface area (Å²) in [6, 6.07) is 6.01. The number of carbonyl (C=O) groups excluding carboxylic acids is 1. The van der Waals surface area contributed by atoms with Crippen molar-refractivity contribution in [1.82, 2.24) is 10.3 Å². The summed E-state index contributed by atoms with van der Waals surface area (Å²) >= 11 is 0. The molecule has 0 spiro atoms. The lowest BCUT2D eigenvalue weighted by atomic mass is 10.3. The summed E-state index contributed by atoms with van der Waals surface area (Å²) in [6.07, 6.45) is 3.64. The van der Waals surface area contributed by atoms with Gasteiger partial charge in [0, 0.05) is 25.1 Å². The molecule has 1 saturated carbocycles. The molecule has 0 bridgehead atoms. The fourth-order valence-corrected chi connectivity index (χ4v) is 1.62. The third-order valence-electron chi connectivity index (χ3n) is 2.76. The van der Waals surface area contributed by atoms with Crippen molar-refractivity contribution >= 4 is 11.7 Å². The first-order chi connectivity index (χ1) is 8.78. The minimum Gasteiger partial charge on any atom is -0.481 e. The first kappa shape index (κ1) is 12.7. The molecule has 0 atom stereocenters. The highest BCUT2D eigenvalue weighted by Gasteiger charge is 2.22. The Bertz CT molecular complexity index is 405. The highest BCUT2D eigenvalue weighted by Crippen LogP contribution is 2.18. The summed E-state index contributed by atoms with van der Waals surface area (Å²) in [7, 11) is 1.59. The van der Waals surface area contributed by atoms with E-state index in [9.17, 15) is 4.79 Å². The zero-order chi connectivity index (χ0) is 12.8. The van der Waals surface area contributed by atoms with Gasteiger partial charge in [-0.25, -0.2) is 0 Å². The summed E-state index contributed by atoms with van der Waals surface area (Å²) in [4.78, 5) is 15.7. The molecule has 1 aromatic heterocycles. The fourth-order valence-electron chi connectivity index (χ4n) is 1.62. The first-order valence-corrected chi connectivity index (χ1v) is 6.32. The molecule has 0 radical (unpaired) electrons. The van der Waals surface area contributed by atoms with Gasteiger partial charge in [0.25, 0.3) is 0 Å². The third kappa shape index (κ3) is 4.24. The van der Waals surface area contributed by atoms with E-state index in [4.69, 9.17) is 4.74 Å². The number of anilines is 1. The largest absolute Gasteiger partial charge is 0.481 e. The van der Waals surface area contributed by atoms with Gasteiger partial charge in [-0.15, -0.1) is 0 Å². The van der Waals surface area contributed by atoms with Crippen LogP contribution in [0, 0.1) is 0 Å². The third-order valence-corrected chi connectivity index (χ3v) is 2.76. The average Bonchev–Trinajstić information content (AvgIpc) is 3.19. The van der Waals surface area contributed by atoms with Gasteiger partial charge >= 0.3 is 0 Å². The Hall–Kier alpha value is -1.78. The summed E-state index contributed by atoms with van der Waals surface area (Å²) in [5, 5.41) is 6.14. The van der Waals surface area contributed by atoms with Gasteiger partial charge in [0.15, 0.2) is 0 Å². The Morgan fingerprint density at radius 1 is 1.50 bits per heavy atom. The molecular formula is C13H19N3O2. The molecule has 1 heterocycles. The van der Waals surface area contributed by atoms with Crippen molar-refractivity contribution in [3.63, 3.8) is 0 Å². The lowest BCUT2D eigenvalue weighted by Crippen LogP contribution is -2.25. The normalized spacial score (nSPS) is 14.1. The highest BCUT2D eigenvalue weighted by atomic mass is 16.5. The summed E-state index contributed by atoms with van der Waals surface area (Å²) in [5.41, 5.74) is 0. The minimum absolute atomic E-state index is 0.151. The predicted molar refractivity (Wildman–Crippen MR) is 69.7 cm³/mol. The summed E-state index contributed by atoms with van der Waals surface area (Å²) in [5.74, 6) is 1.52. The van der Waals surface area contributed by atoms with E-state index in [0.717, 1.165) is 31.6 Å². The van der Waals surface area contributed by atoms with E-state index in [1.165, 1.54) is 0 Å². The molecule has 0 saturated heterocycles. The Morgan fingerprint density at radius 3 is 3.06 bits per heavy atom. The van der Waals surface area contributed by atoms with Crippen molar-refractivity contribution in [3.05, 3.63) is 18.2 Å². The van der Waals surface area contributed by atoms with Crippen molar-refractivity contribution in [2.24, 2.45) is 0 Å². The number of nitrogens with zero attached hydrogens (tertiary/aromatic N) is 1. The van der Waals surface area contributed by atoms with E-state index in [0.29, 0.717) is 18.3 Å². The molecule has 1 aliphatic carbocycles. The molecule has 0 aliphatic heterocycles. The van der Waals surface area contributed by atoms with Gasteiger partial charge in [-0.1, -0.05) is 6.07 Å². The number of hydrogen-bond donors (Lipinski definition) is 2. The van der Waals surface area contributed by atoms with Gasteiger partial charge in [-0.05, 0) is 25.3 Å². The lowest BCUT2D eigenvalue weighted by molar-refractivity contribution is -0.121. The second kappa shape index (κ2) is 6.23. The van der Waals surface area contributed by atoms with Crippen molar-refractivity contribution in [1.29, 1.82) is 0 Å². The molecular weight excluding hydrogens is 230 g/mol. The maximum absolute atomic E-state index is 11.4. The molecule has 0 aromatic carbocycles. The van der Waals surface area contributed by atoms with Crippen LogP contribution in [0.4, 0.5) is 5.82 Å². The number of amides is 1. The molecule has 2 N–H and O–H groups in total. The maximum Gasteiger partial charge on any atom is 0.220 e. The Labute approximate surface area is 107 Å². The molecule has 5 heteroatoms. The van der Waals surface area contributed by atoms with E-state index in [1.54, 1.807) is 13.2 Å².